The Kier molecular flexibility index (Phi) is 3.88. The van der Waals surface area contributed by atoms with Crippen LogP contribution in [0.1, 0.15) is 5.56 Å². The number of nitrogens with zero attached hydrogens (tertiary/aromatic N) is 2. The molecule has 3 aromatic rings. The van der Waals surface area contributed by atoms with Crippen molar-refractivity contribution >= 4 is 22.0 Å². The third-order valence-electron chi connectivity index (χ3n) is 3.37. The van der Waals surface area contributed by atoms with Crippen molar-refractivity contribution in [3.8, 4) is 11.1 Å². The molecule has 0 spiro atoms. The van der Waals surface area contributed by atoms with E-state index < -0.39 is 15.1 Å². The van der Waals surface area contributed by atoms with Gasteiger partial charge in [-0.2, -0.15) is 10.3 Å². The number of benzene rings is 2. The van der Waals surface area contributed by atoms with Gasteiger partial charge in [-0.1, -0.05) is 67.6 Å². The molecule has 0 fully saturated rings. The fourth-order valence-corrected chi connectivity index (χ4v) is 3.51. The molecule has 1 N–H and O–H groups in total. The van der Waals surface area contributed by atoms with Crippen LogP contribution in [-0.2, 0) is 5.75 Å². The van der Waals surface area contributed by atoms with Gasteiger partial charge < -0.3 is 0 Å². The molecule has 3 nitrogen and oxygen atoms in total. The lowest BCUT2D eigenvalue weighted by atomic mass is 10.0. The molecule has 25 heavy (non-hydrogen) atoms. The van der Waals surface area contributed by atoms with Crippen LogP contribution in [0.2, 0.25) is 0 Å². The smallest absolute Gasteiger partial charge is 0.197 e. The van der Waals surface area contributed by atoms with Crippen molar-refractivity contribution in [3.05, 3.63) is 60.3 Å². The second-order valence-electron chi connectivity index (χ2n) is 5.29. The van der Waals surface area contributed by atoms with Gasteiger partial charge in [-0.05, 0) is 28.8 Å². The molecule has 1 heterocycles. The van der Waals surface area contributed by atoms with Gasteiger partial charge in [0.2, 0.25) is 0 Å². The van der Waals surface area contributed by atoms with Crippen molar-refractivity contribution < 1.29 is 19.4 Å². The predicted octanol–water partition coefficient (Wildman–Crippen LogP) is 6.42. The highest BCUT2D eigenvalue weighted by atomic mass is 32.5. The van der Waals surface area contributed by atoms with Gasteiger partial charge in [0.1, 0.15) is 9.92 Å². The molecule has 0 radical (unpaired) electrons. The van der Waals surface area contributed by atoms with E-state index in [4.69, 9.17) is 0 Å². The summed E-state index contributed by atoms with van der Waals surface area (Å²) in [6.07, 6.45) is 1.60. The number of aromatic amines is 1. The van der Waals surface area contributed by atoms with Crippen LogP contribution >= 0.6 is 22.0 Å². The molecular formula is C15H12F5N3S2. The Morgan fingerprint density at radius 2 is 1.40 bits per heavy atom. The highest BCUT2D eigenvalue weighted by Crippen LogP contribution is 3.02. The Hall–Kier alpha value is -2.07. The summed E-state index contributed by atoms with van der Waals surface area (Å²) < 4.78 is 63.6. The second kappa shape index (κ2) is 5.46. The Morgan fingerprint density at radius 1 is 0.840 bits per heavy atom. The molecule has 0 bridgehead atoms. The zero-order chi connectivity index (χ0) is 18.2. The van der Waals surface area contributed by atoms with Crippen molar-refractivity contribution in [2.75, 3.05) is 0 Å². The first-order chi connectivity index (χ1) is 11.5. The predicted molar refractivity (Wildman–Crippen MR) is 89.2 cm³/mol. The summed E-state index contributed by atoms with van der Waals surface area (Å²) in [6.45, 7) is 0. The molecule has 134 valence electrons. The van der Waals surface area contributed by atoms with Gasteiger partial charge >= 0.3 is 10.2 Å². The van der Waals surface area contributed by atoms with E-state index in [-0.39, 0.29) is 0 Å². The first-order valence-electron chi connectivity index (χ1n) is 6.93. The number of thioether (sulfide) groups is 1. The SMILES string of the molecule is FS(F)(F)(F)(F)c1ccc(-c2ccc(CSc3cn[nH]n3)cc2)cc1. The van der Waals surface area contributed by atoms with E-state index in [1.807, 2.05) is 12.1 Å². The highest BCUT2D eigenvalue weighted by molar-refractivity contribution is 8.45. The number of rotatable bonds is 5. The molecule has 0 atom stereocenters. The van der Waals surface area contributed by atoms with Gasteiger partial charge in [0.25, 0.3) is 0 Å². The lowest BCUT2D eigenvalue weighted by molar-refractivity contribution is 0.364. The number of hydrogen-bond donors (Lipinski definition) is 1. The van der Waals surface area contributed by atoms with Crippen molar-refractivity contribution in [2.45, 2.75) is 15.7 Å². The lowest BCUT2D eigenvalue weighted by Crippen LogP contribution is -2.05. The lowest BCUT2D eigenvalue weighted by Gasteiger charge is -2.40. The van der Waals surface area contributed by atoms with Crippen LogP contribution in [0.15, 0.2) is 64.6 Å². The van der Waals surface area contributed by atoms with Crippen LogP contribution in [0.25, 0.3) is 11.1 Å². The zero-order valence-electron chi connectivity index (χ0n) is 12.5. The third kappa shape index (κ3) is 4.51. The summed E-state index contributed by atoms with van der Waals surface area (Å²) in [5.41, 5.74) is 2.06. The highest BCUT2D eigenvalue weighted by Gasteiger charge is 2.65. The second-order valence-corrected chi connectivity index (χ2v) is 8.69. The Labute approximate surface area is 144 Å². The van der Waals surface area contributed by atoms with Crippen molar-refractivity contribution in [3.63, 3.8) is 0 Å². The van der Waals surface area contributed by atoms with E-state index in [2.05, 4.69) is 15.4 Å². The fraction of sp³-hybridized carbons (Fsp3) is 0.0667. The minimum absolute atomic E-state index is 0.422. The molecule has 0 saturated heterocycles. The third-order valence-corrected chi connectivity index (χ3v) is 5.50. The topological polar surface area (TPSA) is 41.6 Å². The molecule has 0 aliphatic heterocycles. The van der Waals surface area contributed by atoms with Gasteiger partial charge in [0.05, 0.1) is 6.20 Å². The maximum Gasteiger partial charge on any atom is 0.310 e. The summed E-state index contributed by atoms with van der Waals surface area (Å²) in [4.78, 5) is -1.88. The molecule has 3 rings (SSSR count). The van der Waals surface area contributed by atoms with E-state index in [0.29, 0.717) is 29.0 Å². The average Bonchev–Trinajstić information content (AvgIpc) is 3.05. The molecule has 2 aromatic carbocycles. The number of aromatic nitrogens is 3. The molecule has 0 amide bonds. The van der Waals surface area contributed by atoms with Crippen LogP contribution in [-0.4, -0.2) is 15.4 Å². The van der Waals surface area contributed by atoms with Crippen LogP contribution in [0.4, 0.5) is 19.4 Å². The monoisotopic (exact) mass is 393 g/mol. The largest absolute Gasteiger partial charge is 0.310 e. The zero-order valence-corrected chi connectivity index (χ0v) is 14.1. The molecule has 0 aliphatic carbocycles. The summed E-state index contributed by atoms with van der Waals surface area (Å²) in [5.74, 6) is 0.649. The molecule has 0 aliphatic rings. The molecule has 0 unspecified atom stereocenters. The van der Waals surface area contributed by atoms with Crippen molar-refractivity contribution in [1.82, 2.24) is 15.4 Å². The molecule has 1 aromatic heterocycles. The van der Waals surface area contributed by atoms with Crippen LogP contribution in [0, 0.1) is 0 Å². The first-order valence-corrected chi connectivity index (χ1v) is 9.87. The van der Waals surface area contributed by atoms with Gasteiger partial charge in [-0.25, -0.2) is 0 Å². The standard InChI is InChI=1S/C15H12F5N3S2/c16-25(17,18,19,20)14-7-5-13(6-8-14)12-3-1-11(2-4-12)10-24-15-9-21-23-22-15/h1-9H,10H2,(H,21,22,23). The summed E-state index contributed by atoms with van der Waals surface area (Å²) in [7, 11) is -9.63. The first kappa shape index (κ1) is 17.7. The van der Waals surface area contributed by atoms with Gasteiger partial charge in [0, 0.05) is 5.75 Å². The number of hydrogen-bond acceptors (Lipinski definition) is 3. The minimum atomic E-state index is -9.63. The van der Waals surface area contributed by atoms with Crippen LogP contribution < -0.4 is 0 Å². The Bertz CT molecular complexity index is 861. The quantitative estimate of drug-likeness (QED) is 0.402. The minimum Gasteiger partial charge on any atom is -0.197 e. The maximum absolute atomic E-state index is 12.7. The van der Waals surface area contributed by atoms with Crippen LogP contribution in [0.5, 0.6) is 0 Å². The summed E-state index contributed by atoms with van der Waals surface area (Å²) in [6, 6.07) is 10.0. The van der Waals surface area contributed by atoms with Gasteiger partial charge in [0.15, 0.2) is 0 Å². The fourth-order valence-electron chi connectivity index (χ4n) is 2.12. The van der Waals surface area contributed by atoms with Gasteiger partial charge in [-0.15, -0.1) is 5.10 Å². The summed E-state index contributed by atoms with van der Waals surface area (Å²) >= 11 is 1.48. The van der Waals surface area contributed by atoms with Crippen LogP contribution in [0.3, 0.4) is 0 Å². The normalized spacial score (nSPS) is 14.8. The molecule has 10 heteroatoms. The van der Waals surface area contributed by atoms with Gasteiger partial charge in [-0.3, -0.25) is 0 Å². The van der Waals surface area contributed by atoms with E-state index in [9.17, 15) is 19.4 Å². The van der Waals surface area contributed by atoms with E-state index in [1.54, 1.807) is 18.3 Å². The molecular weight excluding hydrogens is 381 g/mol. The number of nitrogens with one attached hydrogen (secondary N) is 1. The van der Waals surface area contributed by atoms with E-state index in [1.165, 1.54) is 11.8 Å². The molecule has 0 saturated carbocycles. The Morgan fingerprint density at radius 3 is 1.88 bits per heavy atom. The average molecular weight is 393 g/mol. The van der Waals surface area contributed by atoms with Crippen molar-refractivity contribution in [1.29, 1.82) is 0 Å². The summed E-state index contributed by atoms with van der Waals surface area (Å²) in [5, 5.41) is 10.9. The van der Waals surface area contributed by atoms with E-state index >= 15 is 0 Å². The maximum atomic E-state index is 12.7. The Balaban J connectivity index is 1.74. The van der Waals surface area contributed by atoms with Crippen molar-refractivity contribution in [2.24, 2.45) is 0 Å². The number of halogens is 5. The van der Waals surface area contributed by atoms with E-state index in [0.717, 1.165) is 22.7 Å². The number of H-pyrrole nitrogens is 1.